The summed E-state index contributed by atoms with van der Waals surface area (Å²) in [5, 5.41) is 0. The van der Waals surface area contributed by atoms with Gasteiger partial charge in [-0.2, -0.15) is 0 Å². The van der Waals surface area contributed by atoms with Crippen LogP contribution < -0.4 is 14.5 Å². The monoisotopic (exact) mass is 624 g/mol. The third-order valence-corrected chi connectivity index (χ3v) is 10.3. The lowest BCUT2D eigenvalue weighted by molar-refractivity contribution is 0.476. The number of pyridine rings is 1. The number of hydrogen-bond donors (Lipinski definition) is 0. The lowest BCUT2D eigenvalue weighted by atomic mass is 9.55. The van der Waals surface area contributed by atoms with Gasteiger partial charge in [-0.3, -0.25) is 4.98 Å². The standard InChI is InChI=1S/C43H36N4O/c1-42(2)33-15-4-6-17-35(33)43(41-21-10-11-24-44-41,36-18-7-5-16-34(36)42)30-22-23-40-38(27-30)47(37-19-8-9-20-39(37)48-40)32-14-12-13-31(28-32)46-26-25-45(3)29-46/h4-28H,29H2,1-3H3. The van der Waals surface area contributed by atoms with Crippen molar-refractivity contribution in [3.63, 3.8) is 0 Å². The van der Waals surface area contributed by atoms with Crippen LogP contribution >= 0.6 is 0 Å². The van der Waals surface area contributed by atoms with E-state index >= 15 is 0 Å². The second-order valence-corrected chi connectivity index (χ2v) is 13.5. The number of hydrogen-bond acceptors (Lipinski definition) is 5. The predicted octanol–water partition coefficient (Wildman–Crippen LogP) is 9.86. The van der Waals surface area contributed by atoms with Crippen LogP contribution in [0.1, 0.15) is 47.4 Å². The molecule has 0 spiro atoms. The molecule has 1 aliphatic carbocycles. The van der Waals surface area contributed by atoms with E-state index in [0.29, 0.717) is 0 Å². The summed E-state index contributed by atoms with van der Waals surface area (Å²) in [6.45, 7) is 5.49. The number of rotatable bonds is 4. The van der Waals surface area contributed by atoms with Crippen molar-refractivity contribution in [1.29, 1.82) is 0 Å². The zero-order chi connectivity index (χ0) is 32.5. The first-order chi connectivity index (χ1) is 23.5. The molecule has 0 saturated carbocycles. The van der Waals surface area contributed by atoms with E-state index in [4.69, 9.17) is 9.72 Å². The van der Waals surface area contributed by atoms with Gasteiger partial charge < -0.3 is 19.4 Å². The van der Waals surface area contributed by atoms with Crippen molar-refractivity contribution in [1.82, 2.24) is 9.88 Å². The number of fused-ring (bicyclic) bond motifs is 4. The Hall–Kier alpha value is -5.81. The fraction of sp³-hybridized carbons (Fsp3) is 0.140. The van der Waals surface area contributed by atoms with E-state index in [1.807, 2.05) is 24.4 Å². The molecular formula is C43H36N4O. The molecule has 48 heavy (non-hydrogen) atoms. The summed E-state index contributed by atoms with van der Waals surface area (Å²) in [6, 6.07) is 47.9. The molecule has 0 fully saturated rings. The van der Waals surface area contributed by atoms with Crippen molar-refractivity contribution in [2.45, 2.75) is 24.7 Å². The number of anilines is 4. The normalized spacial score (nSPS) is 16.4. The van der Waals surface area contributed by atoms with Gasteiger partial charge in [0, 0.05) is 42.4 Å². The van der Waals surface area contributed by atoms with E-state index in [0.717, 1.165) is 52.2 Å². The number of ether oxygens (including phenoxy) is 1. The average molecular weight is 625 g/mol. The van der Waals surface area contributed by atoms with Crippen LogP contribution in [0.3, 0.4) is 0 Å². The van der Waals surface area contributed by atoms with E-state index < -0.39 is 5.41 Å². The van der Waals surface area contributed by atoms with Crippen molar-refractivity contribution < 1.29 is 4.74 Å². The molecule has 2 aliphatic heterocycles. The SMILES string of the molecule is CN1C=CN(c2cccc(N3c4ccccc4Oc4ccc(C5(c6ccccn6)c6ccccc6C(C)(C)c6ccccc65)cc43)c2)C1. The molecule has 5 nitrogen and oxygen atoms in total. The highest BCUT2D eigenvalue weighted by Gasteiger charge is 2.50. The first-order valence-electron chi connectivity index (χ1n) is 16.5. The van der Waals surface area contributed by atoms with Gasteiger partial charge in [-0.1, -0.05) is 92.7 Å². The Morgan fingerprint density at radius 2 is 1.27 bits per heavy atom. The number of para-hydroxylation sites is 2. The van der Waals surface area contributed by atoms with E-state index in [1.165, 1.54) is 22.3 Å². The van der Waals surface area contributed by atoms with E-state index in [9.17, 15) is 0 Å². The topological polar surface area (TPSA) is 31.8 Å². The second kappa shape index (κ2) is 10.6. The molecule has 0 atom stereocenters. The summed E-state index contributed by atoms with van der Waals surface area (Å²) in [7, 11) is 2.09. The Morgan fingerprint density at radius 1 is 0.604 bits per heavy atom. The van der Waals surface area contributed by atoms with Crippen molar-refractivity contribution >= 4 is 22.7 Å². The van der Waals surface area contributed by atoms with Gasteiger partial charge in [0.25, 0.3) is 0 Å². The van der Waals surface area contributed by atoms with Gasteiger partial charge in [-0.25, -0.2) is 0 Å². The van der Waals surface area contributed by atoms with Crippen LogP contribution in [-0.2, 0) is 10.8 Å². The molecule has 0 radical (unpaired) electrons. The highest BCUT2D eigenvalue weighted by atomic mass is 16.5. The summed E-state index contributed by atoms with van der Waals surface area (Å²) >= 11 is 0. The largest absolute Gasteiger partial charge is 0.453 e. The van der Waals surface area contributed by atoms with Gasteiger partial charge in [0.15, 0.2) is 11.5 Å². The van der Waals surface area contributed by atoms with Gasteiger partial charge in [-0.15, -0.1) is 0 Å². The van der Waals surface area contributed by atoms with Crippen LogP contribution in [0.15, 0.2) is 152 Å². The Labute approximate surface area is 282 Å². The summed E-state index contributed by atoms with van der Waals surface area (Å²) in [5.74, 6) is 1.65. The van der Waals surface area contributed by atoms with Gasteiger partial charge in [0.2, 0.25) is 0 Å². The predicted molar refractivity (Wildman–Crippen MR) is 194 cm³/mol. The molecule has 234 valence electrons. The van der Waals surface area contributed by atoms with Crippen LogP contribution in [0.4, 0.5) is 22.7 Å². The molecule has 0 unspecified atom stereocenters. The lowest BCUT2D eigenvalue weighted by Crippen LogP contribution is -2.42. The fourth-order valence-corrected chi connectivity index (χ4v) is 8.09. The van der Waals surface area contributed by atoms with E-state index in [1.54, 1.807) is 0 Å². The van der Waals surface area contributed by atoms with Crippen molar-refractivity contribution in [2.75, 3.05) is 23.5 Å². The Kier molecular flexibility index (Phi) is 6.28. The van der Waals surface area contributed by atoms with Gasteiger partial charge in [0.05, 0.1) is 29.2 Å². The summed E-state index contributed by atoms with van der Waals surface area (Å²) in [5.41, 5.74) is 10.6. The first-order valence-corrected chi connectivity index (χ1v) is 16.5. The molecular weight excluding hydrogens is 589 g/mol. The van der Waals surface area contributed by atoms with Gasteiger partial charge >= 0.3 is 0 Å². The maximum absolute atomic E-state index is 6.64. The molecule has 1 aromatic heterocycles. The molecule has 5 aromatic carbocycles. The number of aromatic nitrogens is 1. The molecule has 5 heteroatoms. The van der Waals surface area contributed by atoms with Crippen LogP contribution in [0, 0.1) is 0 Å². The fourth-order valence-electron chi connectivity index (χ4n) is 8.09. The van der Waals surface area contributed by atoms with Gasteiger partial charge in [0.1, 0.15) is 0 Å². The summed E-state index contributed by atoms with van der Waals surface area (Å²) in [6.07, 6.45) is 6.16. The van der Waals surface area contributed by atoms with Crippen molar-refractivity contribution in [2.24, 2.45) is 0 Å². The van der Waals surface area contributed by atoms with E-state index in [2.05, 4.69) is 163 Å². The Morgan fingerprint density at radius 3 is 1.98 bits per heavy atom. The lowest BCUT2D eigenvalue weighted by Gasteiger charge is -2.47. The molecule has 6 aromatic rings. The van der Waals surface area contributed by atoms with Gasteiger partial charge in [-0.05, 0) is 82.4 Å². The summed E-state index contributed by atoms with van der Waals surface area (Å²) in [4.78, 5) is 11.9. The maximum Gasteiger partial charge on any atom is 0.151 e. The third kappa shape index (κ3) is 4.07. The quantitative estimate of drug-likeness (QED) is 0.195. The highest BCUT2D eigenvalue weighted by Crippen LogP contribution is 2.58. The molecule has 0 bridgehead atoms. The molecule has 0 saturated heterocycles. The highest BCUT2D eigenvalue weighted by molar-refractivity contribution is 5.88. The zero-order valence-corrected chi connectivity index (χ0v) is 27.3. The minimum atomic E-state index is -0.658. The molecule has 3 heterocycles. The smallest absolute Gasteiger partial charge is 0.151 e. The Bertz CT molecular complexity index is 2170. The minimum absolute atomic E-state index is 0.188. The third-order valence-electron chi connectivity index (χ3n) is 10.3. The second-order valence-electron chi connectivity index (χ2n) is 13.5. The number of benzene rings is 5. The molecule has 0 amide bonds. The van der Waals surface area contributed by atoms with Crippen LogP contribution in [0.2, 0.25) is 0 Å². The molecule has 3 aliphatic rings. The molecule has 9 rings (SSSR count). The van der Waals surface area contributed by atoms with Crippen LogP contribution in [0.5, 0.6) is 11.5 Å². The molecule has 0 N–H and O–H groups in total. The zero-order valence-electron chi connectivity index (χ0n) is 27.3. The Balaban J connectivity index is 1.32. The van der Waals surface area contributed by atoms with Crippen LogP contribution in [0.25, 0.3) is 0 Å². The van der Waals surface area contributed by atoms with Crippen molar-refractivity contribution in [3.05, 3.63) is 186 Å². The first kappa shape index (κ1) is 28.4. The minimum Gasteiger partial charge on any atom is -0.453 e. The maximum atomic E-state index is 6.64. The summed E-state index contributed by atoms with van der Waals surface area (Å²) < 4.78 is 6.64. The van der Waals surface area contributed by atoms with Crippen molar-refractivity contribution in [3.8, 4) is 11.5 Å². The van der Waals surface area contributed by atoms with Crippen LogP contribution in [-0.4, -0.2) is 23.6 Å². The average Bonchev–Trinajstić information content (AvgIpc) is 3.58. The number of nitrogens with zero attached hydrogens (tertiary/aromatic N) is 4. The van der Waals surface area contributed by atoms with E-state index in [-0.39, 0.29) is 5.41 Å².